The number of halogens is 4. The van der Waals surface area contributed by atoms with Crippen molar-refractivity contribution >= 4 is 15.9 Å². The molecule has 0 aliphatic rings. The van der Waals surface area contributed by atoms with E-state index in [9.17, 15) is 13.2 Å². The summed E-state index contributed by atoms with van der Waals surface area (Å²) in [5.41, 5.74) is 1.76. The quantitative estimate of drug-likeness (QED) is 0.664. The van der Waals surface area contributed by atoms with E-state index in [1.165, 1.54) is 12.1 Å². The molecule has 1 aromatic heterocycles. The maximum Gasteiger partial charge on any atom is 0.416 e. The van der Waals surface area contributed by atoms with Gasteiger partial charge in [0.1, 0.15) is 0 Å². The lowest BCUT2D eigenvalue weighted by molar-refractivity contribution is -0.137. The lowest BCUT2D eigenvalue weighted by Crippen LogP contribution is -2.05. The average Bonchev–Trinajstić information content (AvgIpc) is 2.82. The van der Waals surface area contributed by atoms with Crippen molar-refractivity contribution in [2.24, 2.45) is 0 Å². The molecule has 0 saturated carbocycles. The molecule has 1 unspecified atom stereocenters. The second-order valence-electron chi connectivity index (χ2n) is 4.87. The first-order valence-corrected chi connectivity index (χ1v) is 7.64. The van der Waals surface area contributed by atoms with E-state index in [0.717, 1.165) is 30.8 Å². The van der Waals surface area contributed by atoms with Crippen LogP contribution < -0.4 is 0 Å². The van der Waals surface area contributed by atoms with Gasteiger partial charge in [-0.3, -0.25) is 4.68 Å². The van der Waals surface area contributed by atoms with Crippen LogP contribution in [0.15, 0.2) is 30.3 Å². The molecule has 21 heavy (non-hydrogen) atoms. The van der Waals surface area contributed by atoms with Crippen molar-refractivity contribution in [1.82, 2.24) is 9.78 Å². The molecule has 2 aromatic rings. The van der Waals surface area contributed by atoms with E-state index in [0.29, 0.717) is 11.3 Å². The third kappa shape index (κ3) is 3.67. The molecule has 1 atom stereocenters. The number of hydrogen-bond donors (Lipinski definition) is 0. The minimum absolute atomic E-state index is 0.139. The molecule has 0 bridgehead atoms. The van der Waals surface area contributed by atoms with Crippen molar-refractivity contribution < 1.29 is 13.2 Å². The van der Waals surface area contributed by atoms with Gasteiger partial charge in [-0.25, -0.2) is 0 Å². The van der Waals surface area contributed by atoms with Crippen molar-refractivity contribution in [3.63, 3.8) is 0 Å². The van der Waals surface area contributed by atoms with Crippen LogP contribution in [0.2, 0.25) is 0 Å². The van der Waals surface area contributed by atoms with Crippen molar-refractivity contribution in [3.8, 4) is 11.3 Å². The first-order valence-electron chi connectivity index (χ1n) is 6.72. The minimum Gasteiger partial charge on any atom is -0.268 e. The second-order valence-corrected chi connectivity index (χ2v) is 6.24. The van der Waals surface area contributed by atoms with E-state index in [-0.39, 0.29) is 4.83 Å². The van der Waals surface area contributed by atoms with Crippen molar-refractivity contribution in [2.45, 2.75) is 37.8 Å². The second kappa shape index (κ2) is 6.22. The normalized spacial score (nSPS) is 13.4. The summed E-state index contributed by atoms with van der Waals surface area (Å²) in [7, 11) is 0. The largest absolute Gasteiger partial charge is 0.416 e. The first kappa shape index (κ1) is 16.1. The van der Waals surface area contributed by atoms with E-state index in [1.807, 2.05) is 17.7 Å². The molecule has 0 spiro atoms. The van der Waals surface area contributed by atoms with Crippen LogP contribution >= 0.6 is 15.9 Å². The third-order valence-corrected chi connectivity index (χ3v) is 3.63. The Labute approximate surface area is 130 Å². The maximum atomic E-state index is 12.6. The van der Waals surface area contributed by atoms with Gasteiger partial charge in [0.25, 0.3) is 0 Å². The van der Waals surface area contributed by atoms with Gasteiger partial charge in [0.15, 0.2) is 0 Å². The summed E-state index contributed by atoms with van der Waals surface area (Å²) < 4.78 is 39.6. The fourth-order valence-corrected chi connectivity index (χ4v) is 2.48. The fourth-order valence-electron chi connectivity index (χ4n) is 2.11. The summed E-state index contributed by atoms with van der Waals surface area (Å²) in [6, 6.07) is 7.02. The number of benzene rings is 1. The van der Waals surface area contributed by atoms with Crippen LogP contribution in [-0.4, -0.2) is 9.78 Å². The number of hydrogen-bond acceptors (Lipinski definition) is 1. The van der Waals surface area contributed by atoms with Gasteiger partial charge in [-0.1, -0.05) is 35.0 Å². The molecule has 1 aromatic carbocycles. The van der Waals surface area contributed by atoms with Gasteiger partial charge in [0.05, 0.1) is 21.8 Å². The van der Waals surface area contributed by atoms with Gasteiger partial charge in [0, 0.05) is 12.1 Å². The van der Waals surface area contributed by atoms with E-state index in [1.54, 1.807) is 0 Å². The van der Waals surface area contributed by atoms with Gasteiger partial charge >= 0.3 is 6.18 Å². The van der Waals surface area contributed by atoms with Crippen LogP contribution in [0.3, 0.4) is 0 Å². The molecule has 0 aliphatic heterocycles. The van der Waals surface area contributed by atoms with Gasteiger partial charge in [-0.2, -0.15) is 18.3 Å². The molecule has 0 aliphatic carbocycles. The maximum absolute atomic E-state index is 12.6. The zero-order valence-corrected chi connectivity index (χ0v) is 13.4. The molecular weight excluding hydrogens is 345 g/mol. The van der Waals surface area contributed by atoms with Crippen LogP contribution in [0.4, 0.5) is 13.2 Å². The van der Waals surface area contributed by atoms with Gasteiger partial charge in [0.2, 0.25) is 0 Å². The summed E-state index contributed by atoms with van der Waals surface area (Å²) in [5.74, 6) is 0. The average molecular weight is 361 g/mol. The van der Waals surface area contributed by atoms with Crippen molar-refractivity contribution in [3.05, 3.63) is 41.6 Å². The van der Waals surface area contributed by atoms with Gasteiger partial charge in [-0.05, 0) is 31.5 Å². The van der Waals surface area contributed by atoms with E-state index in [2.05, 4.69) is 28.0 Å². The monoisotopic (exact) mass is 360 g/mol. The van der Waals surface area contributed by atoms with E-state index < -0.39 is 11.7 Å². The Morgan fingerprint density at radius 2 is 1.86 bits per heavy atom. The van der Waals surface area contributed by atoms with Crippen molar-refractivity contribution in [1.29, 1.82) is 0 Å². The molecule has 0 fully saturated rings. The van der Waals surface area contributed by atoms with E-state index in [4.69, 9.17) is 0 Å². The molecule has 2 nitrogen and oxygen atoms in total. The molecule has 0 saturated heterocycles. The molecule has 114 valence electrons. The molecule has 6 heteroatoms. The highest BCUT2D eigenvalue weighted by atomic mass is 79.9. The zero-order valence-electron chi connectivity index (χ0n) is 11.8. The number of aromatic nitrogens is 2. The number of aryl methyl sites for hydroxylation is 1. The highest BCUT2D eigenvalue weighted by Gasteiger charge is 2.30. The predicted octanol–water partition coefficient (Wildman–Crippen LogP) is 5.43. The summed E-state index contributed by atoms with van der Waals surface area (Å²) in [6.07, 6.45) is -3.36. The van der Waals surface area contributed by atoms with Gasteiger partial charge < -0.3 is 0 Å². The Bertz CT molecular complexity index is 600. The van der Waals surface area contributed by atoms with Crippen molar-refractivity contribution in [2.75, 3.05) is 0 Å². The summed E-state index contributed by atoms with van der Waals surface area (Å²) in [5, 5.41) is 4.49. The fraction of sp³-hybridized carbons (Fsp3) is 0.400. The molecule has 0 N–H and O–H groups in total. The van der Waals surface area contributed by atoms with E-state index >= 15 is 0 Å². The Morgan fingerprint density at radius 3 is 2.33 bits per heavy atom. The molecule has 1 heterocycles. The van der Waals surface area contributed by atoms with Crippen LogP contribution in [0, 0.1) is 0 Å². The smallest absolute Gasteiger partial charge is 0.268 e. The summed E-state index contributed by atoms with van der Waals surface area (Å²) >= 11 is 3.52. The summed E-state index contributed by atoms with van der Waals surface area (Å²) in [6.45, 7) is 4.84. The Hall–Kier alpha value is -1.30. The van der Waals surface area contributed by atoms with Gasteiger partial charge in [-0.15, -0.1) is 0 Å². The zero-order chi connectivity index (χ0) is 15.6. The standard InChI is InChI=1S/C15H16BrF3N2/c1-3-8-21-14(10(2)16)9-13(20-21)11-4-6-12(7-5-11)15(17,18)19/h4-7,9-10H,3,8H2,1-2H3. The highest BCUT2D eigenvalue weighted by Crippen LogP contribution is 2.32. The van der Waals surface area contributed by atoms with Crippen LogP contribution in [0.25, 0.3) is 11.3 Å². The Morgan fingerprint density at radius 1 is 1.24 bits per heavy atom. The number of nitrogens with zero attached hydrogens (tertiary/aromatic N) is 2. The predicted molar refractivity (Wildman–Crippen MR) is 80.3 cm³/mol. The number of rotatable bonds is 4. The molecular formula is C15H16BrF3N2. The highest BCUT2D eigenvalue weighted by molar-refractivity contribution is 9.09. The lowest BCUT2D eigenvalue weighted by Gasteiger charge is -2.07. The SMILES string of the molecule is CCCn1nc(-c2ccc(C(F)(F)F)cc2)cc1C(C)Br. The van der Waals surface area contributed by atoms with Crippen LogP contribution in [0.1, 0.15) is 36.4 Å². The lowest BCUT2D eigenvalue weighted by atomic mass is 10.1. The topological polar surface area (TPSA) is 17.8 Å². The molecule has 0 radical (unpaired) electrons. The number of alkyl halides is 4. The van der Waals surface area contributed by atoms with Crippen LogP contribution in [-0.2, 0) is 12.7 Å². The first-order chi connectivity index (χ1) is 9.82. The van der Waals surface area contributed by atoms with Crippen LogP contribution in [0.5, 0.6) is 0 Å². The third-order valence-electron chi connectivity index (χ3n) is 3.16. The molecule has 2 rings (SSSR count). The summed E-state index contributed by atoms with van der Waals surface area (Å²) in [4.78, 5) is 0.139. The molecule has 0 amide bonds. The Balaban J connectivity index is 2.36. The Kier molecular flexibility index (Phi) is 4.76. The minimum atomic E-state index is -4.31.